The van der Waals surface area contributed by atoms with Gasteiger partial charge in [-0.1, -0.05) is 25.7 Å². The van der Waals surface area contributed by atoms with Crippen molar-refractivity contribution in [3.63, 3.8) is 0 Å². The Kier molecular flexibility index (Phi) is 5.97. The predicted molar refractivity (Wildman–Crippen MR) is 62.5 cm³/mol. The summed E-state index contributed by atoms with van der Waals surface area (Å²) in [6, 6.07) is -0.962. The summed E-state index contributed by atoms with van der Waals surface area (Å²) >= 11 is 0. The minimum atomic E-state index is -1.09. The summed E-state index contributed by atoms with van der Waals surface area (Å²) in [5.41, 5.74) is 0. The summed E-state index contributed by atoms with van der Waals surface area (Å²) in [5, 5.41) is 19.9. The number of rotatable bonds is 7. The molecule has 0 aromatic rings. The molecule has 0 radical (unpaired) electrons. The Bertz CT molecular complexity index is 261. The number of nitrogens with one attached hydrogen (secondary N) is 1. The molecule has 1 fully saturated rings. The van der Waals surface area contributed by atoms with Gasteiger partial charge in [0.2, 0.25) is 5.91 Å². The second-order valence-corrected chi connectivity index (χ2v) is 4.66. The molecule has 1 saturated carbocycles. The van der Waals surface area contributed by atoms with Crippen LogP contribution in [-0.4, -0.2) is 34.7 Å². The quantitative estimate of drug-likeness (QED) is 0.620. The summed E-state index contributed by atoms with van der Waals surface area (Å²) in [7, 11) is 0. The van der Waals surface area contributed by atoms with E-state index in [1.807, 2.05) is 0 Å². The van der Waals surface area contributed by atoms with Gasteiger partial charge in [-0.3, -0.25) is 4.79 Å². The number of hydrogen-bond acceptors (Lipinski definition) is 3. The first-order valence-corrected chi connectivity index (χ1v) is 6.26. The maximum absolute atomic E-state index is 11.5. The highest BCUT2D eigenvalue weighted by molar-refractivity contribution is 5.83. The smallest absolute Gasteiger partial charge is 0.326 e. The van der Waals surface area contributed by atoms with E-state index in [1.165, 1.54) is 25.7 Å². The lowest BCUT2D eigenvalue weighted by Crippen LogP contribution is -2.41. The highest BCUT2D eigenvalue weighted by atomic mass is 16.4. The standard InChI is InChI=1S/C12H21NO4/c14-8-7-10(12(16)17)13-11(15)6-5-9-3-1-2-4-9/h9-10,14H,1-8H2,(H,13,15)(H,16,17)/t10-/m1/s1. The largest absolute Gasteiger partial charge is 0.480 e. The average Bonchev–Trinajstić information content (AvgIpc) is 2.78. The lowest BCUT2D eigenvalue weighted by atomic mass is 10.0. The van der Waals surface area contributed by atoms with E-state index in [1.54, 1.807) is 0 Å². The third-order valence-corrected chi connectivity index (χ3v) is 3.31. The molecule has 0 unspecified atom stereocenters. The Balaban J connectivity index is 2.23. The summed E-state index contributed by atoms with van der Waals surface area (Å²) in [5.74, 6) is -0.687. The molecule has 1 amide bonds. The second-order valence-electron chi connectivity index (χ2n) is 4.66. The molecule has 17 heavy (non-hydrogen) atoms. The lowest BCUT2D eigenvalue weighted by molar-refractivity contribution is -0.142. The Morgan fingerprint density at radius 1 is 1.29 bits per heavy atom. The fraction of sp³-hybridized carbons (Fsp3) is 0.833. The monoisotopic (exact) mass is 243 g/mol. The van der Waals surface area contributed by atoms with Crippen LogP contribution in [0.15, 0.2) is 0 Å². The number of aliphatic hydroxyl groups is 1. The van der Waals surface area contributed by atoms with Crippen molar-refractivity contribution in [2.75, 3.05) is 6.61 Å². The summed E-state index contributed by atoms with van der Waals surface area (Å²) in [6.07, 6.45) is 6.16. The number of amides is 1. The van der Waals surface area contributed by atoms with E-state index >= 15 is 0 Å². The molecule has 5 heteroatoms. The molecule has 0 heterocycles. The Morgan fingerprint density at radius 3 is 2.47 bits per heavy atom. The highest BCUT2D eigenvalue weighted by Gasteiger charge is 2.20. The van der Waals surface area contributed by atoms with Gasteiger partial charge in [0.05, 0.1) is 0 Å². The fourth-order valence-corrected chi connectivity index (χ4v) is 2.29. The number of aliphatic hydroxyl groups excluding tert-OH is 1. The van der Waals surface area contributed by atoms with Crippen LogP contribution in [0.5, 0.6) is 0 Å². The average molecular weight is 243 g/mol. The van der Waals surface area contributed by atoms with Gasteiger partial charge in [0.15, 0.2) is 0 Å². The normalized spacial score (nSPS) is 17.9. The first kappa shape index (κ1) is 14.0. The van der Waals surface area contributed by atoms with Gasteiger partial charge >= 0.3 is 5.97 Å². The molecule has 98 valence electrons. The Labute approximate surface area is 101 Å². The molecule has 0 aromatic carbocycles. The zero-order valence-electron chi connectivity index (χ0n) is 10.0. The molecule has 1 aliphatic rings. The number of aliphatic carboxylic acids is 1. The number of carboxylic acids is 1. The molecule has 5 nitrogen and oxygen atoms in total. The van der Waals surface area contributed by atoms with Gasteiger partial charge in [-0.25, -0.2) is 4.79 Å². The van der Waals surface area contributed by atoms with Gasteiger partial charge in [-0.2, -0.15) is 0 Å². The van der Waals surface area contributed by atoms with Crippen molar-refractivity contribution >= 4 is 11.9 Å². The minimum Gasteiger partial charge on any atom is -0.480 e. The van der Waals surface area contributed by atoms with Crippen LogP contribution >= 0.6 is 0 Å². The number of carbonyl (C=O) groups excluding carboxylic acids is 1. The molecule has 0 aromatic heterocycles. The van der Waals surface area contributed by atoms with Crippen LogP contribution in [0.3, 0.4) is 0 Å². The topological polar surface area (TPSA) is 86.6 Å². The van der Waals surface area contributed by atoms with Crippen molar-refractivity contribution in [3.05, 3.63) is 0 Å². The van der Waals surface area contributed by atoms with Crippen molar-refractivity contribution in [1.82, 2.24) is 5.32 Å². The van der Waals surface area contributed by atoms with Crippen molar-refractivity contribution in [3.8, 4) is 0 Å². The first-order chi connectivity index (χ1) is 8.13. The molecule has 1 rings (SSSR count). The molecule has 1 atom stereocenters. The van der Waals surface area contributed by atoms with Gasteiger partial charge in [-0.15, -0.1) is 0 Å². The summed E-state index contributed by atoms with van der Waals surface area (Å²) < 4.78 is 0. The van der Waals surface area contributed by atoms with Gasteiger partial charge < -0.3 is 15.5 Å². The predicted octanol–water partition coefficient (Wildman–Crippen LogP) is 0.909. The van der Waals surface area contributed by atoms with Crippen LogP contribution in [0, 0.1) is 5.92 Å². The first-order valence-electron chi connectivity index (χ1n) is 6.26. The Morgan fingerprint density at radius 2 is 1.94 bits per heavy atom. The van der Waals surface area contributed by atoms with Gasteiger partial charge in [0, 0.05) is 19.4 Å². The van der Waals surface area contributed by atoms with E-state index in [0.29, 0.717) is 12.3 Å². The van der Waals surface area contributed by atoms with Crippen molar-refractivity contribution in [1.29, 1.82) is 0 Å². The Hall–Kier alpha value is -1.10. The van der Waals surface area contributed by atoms with Crippen LogP contribution < -0.4 is 5.32 Å². The van der Waals surface area contributed by atoms with Gasteiger partial charge in [0.25, 0.3) is 0 Å². The van der Waals surface area contributed by atoms with E-state index in [9.17, 15) is 9.59 Å². The summed E-state index contributed by atoms with van der Waals surface area (Å²) in [6.45, 7) is -0.236. The van der Waals surface area contributed by atoms with Gasteiger partial charge in [0.1, 0.15) is 6.04 Å². The third kappa shape index (κ3) is 5.17. The SMILES string of the molecule is O=C(CCC1CCCC1)N[C@H](CCO)C(=O)O. The van der Waals surface area contributed by atoms with Crippen molar-refractivity contribution in [2.24, 2.45) is 5.92 Å². The van der Waals surface area contributed by atoms with E-state index < -0.39 is 12.0 Å². The molecule has 0 saturated heterocycles. The molecule has 0 spiro atoms. The van der Waals surface area contributed by atoms with Crippen LogP contribution in [0.4, 0.5) is 0 Å². The maximum Gasteiger partial charge on any atom is 0.326 e. The van der Waals surface area contributed by atoms with E-state index in [4.69, 9.17) is 10.2 Å². The second kappa shape index (κ2) is 7.27. The van der Waals surface area contributed by atoms with Crippen molar-refractivity contribution < 1.29 is 19.8 Å². The molecule has 0 bridgehead atoms. The maximum atomic E-state index is 11.5. The number of hydrogen-bond donors (Lipinski definition) is 3. The molecule has 1 aliphatic carbocycles. The van der Waals surface area contributed by atoms with Crippen molar-refractivity contribution in [2.45, 2.75) is 51.0 Å². The van der Waals surface area contributed by atoms with Crippen LogP contribution in [0.1, 0.15) is 44.9 Å². The van der Waals surface area contributed by atoms with E-state index in [0.717, 1.165) is 6.42 Å². The minimum absolute atomic E-state index is 0.0600. The lowest BCUT2D eigenvalue weighted by Gasteiger charge is -2.14. The molecular formula is C12H21NO4. The van der Waals surface area contributed by atoms with Crippen LogP contribution in [0.25, 0.3) is 0 Å². The molecule has 3 N–H and O–H groups in total. The summed E-state index contributed by atoms with van der Waals surface area (Å²) in [4.78, 5) is 22.3. The third-order valence-electron chi connectivity index (χ3n) is 3.31. The zero-order chi connectivity index (χ0) is 12.7. The van der Waals surface area contributed by atoms with E-state index in [-0.39, 0.29) is 18.9 Å². The molecule has 0 aliphatic heterocycles. The number of carboxylic acid groups (broad SMARTS) is 1. The van der Waals surface area contributed by atoms with E-state index in [2.05, 4.69) is 5.32 Å². The van der Waals surface area contributed by atoms with Crippen LogP contribution in [-0.2, 0) is 9.59 Å². The van der Waals surface area contributed by atoms with Crippen LogP contribution in [0.2, 0.25) is 0 Å². The number of carbonyl (C=O) groups is 2. The van der Waals surface area contributed by atoms with Gasteiger partial charge in [-0.05, 0) is 12.3 Å². The molecular weight excluding hydrogens is 222 g/mol. The highest BCUT2D eigenvalue weighted by Crippen LogP contribution is 2.28. The fourth-order valence-electron chi connectivity index (χ4n) is 2.29. The zero-order valence-corrected chi connectivity index (χ0v) is 10.0.